The van der Waals surface area contributed by atoms with E-state index >= 15 is 0 Å². The molecule has 2 unspecified atom stereocenters. The van der Waals surface area contributed by atoms with Crippen LogP contribution in [-0.4, -0.2) is 60.8 Å². The molecule has 0 amide bonds. The van der Waals surface area contributed by atoms with Crippen molar-refractivity contribution >= 4 is 0 Å². The molecule has 3 heterocycles. The van der Waals surface area contributed by atoms with Crippen molar-refractivity contribution in [2.75, 3.05) is 39.8 Å². The summed E-state index contributed by atoms with van der Waals surface area (Å²) in [6, 6.07) is 4.64. The summed E-state index contributed by atoms with van der Waals surface area (Å²) in [5, 5.41) is 10.5. The van der Waals surface area contributed by atoms with Gasteiger partial charge in [0.2, 0.25) is 0 Å². The summed E-state index contributed by atoms with van der Waals surface area (Å²) in [6.07, 6.45) is -0.783. The van der Waals surface area contributed by atoms with Gasteiger partial charge in [0.1, 0.15) is 11.6 Å². The Bertz CT molecular complexity index is 461. The summed E-state index contributed by atoms with van der Waals surface area (Å²) < 4.78 is 19.0. The summed E-state index contributed by atoms with van der Waals surface area (Å²) >= 11 is 0. The Hall–Kier alpha value is -1.17. The largest absolute Gasteiger partial charge is 0.497 e. The van der Waals surface area contributed by atoms with Gasteiger partial charge in [-0.25, -0.2) is 4.39 Å². The number of halogens is 1. The average molecular weight is 266 g/mol. The second kappa shape index (κ2) is 5.07. The third-order valence-corrected chi connectivity index (χ3v) is 4.21. The molecule has 104 valence electrons. The highest BCUT2D eigenvalue weighted by Gasteiger charge is 2.37. The molecule has 3 aliphatic heterocycles. The summed E-state index contributed by atoms with van der Waals surface area (Å²) in [4.78, 5) is 4.59. The van der Waals surface area contributed by atoms with Gasteiger partial charge in [0.15, 0.2) is 0 Å². The quantitative estimate of drug-likeness (QED) is 0.880. The van der Waals surface area contributed by atoms with Crippen LogP contribution in [0.2, 0.25) is 0 Å². The minimum absolute atomic E-state index is 0.00889. The summed E-state index contributed by atoms with van der Waals surface area (Å²) in [7, 11) is 1.50. The van der Waals surface area contributed by atoms with Crippen LogP contribution < -0.4 is 4.74 Å². The van der Waals surface area contributed by atoms with Crippen LogP contribution in [0.25, 0.3) is 0 Å². The van der Waals surface area contributed by atoms with E-state index in [1.807, 2.05) is 0 Å². The van der Waals surface area contributed by atoms with E-state index in [1.165, 1.54) is 13.2 Å². The molecule has 4 rings (SSSR count). The number of ether oxygens (including phenoxy) is 1. The molecule has 3 fully saturated rings. The molecule has 19 heavy (non-hydrogen) atoms. The first-order valence-electron chi connectivity index (χ1n) is 6.67. The third kappa shape index (κ3) is 2.33. The Kier molecular flexibility index (Phi) is 3.43. The molecule has 5 heteroatoms. The second-order valence-corrected chi connectivity index (χ2v) is 5.24. The molecule has 3 saturated heterocycles. The van der Waals surface area contributed by atoms with Gasteiger partial charge in [0, 0.05) is 44.4 Å². The lowest BCUT2D eigenvalue weighted by atomic mass is 9.96. The Morgan fingerprint density at radius 1 is 1.32 bits per heavy atom. The van der Waals surface area contributed by atoms with Crippen molar-refractivity contribution in [3.8, 4) is 5.75 Å². The molecule has 4 nitrogen and oxygen atoms in total. The molecular weight excluding hydrogens is 247 g/mol. The molecule has 2 bridgehead atoms. The number of aliphatic hydroxyl groups excluding tert-OH is 1. The molecule has 1 N–H and O–H groups in total. The highest BCUT2D eigenvalue weighted by atomic mass is 19.1. The first-order chi connectivity index (χ1) is 9.19. The topological polar surface area (TPSA) is 35.9 Å². The predicted octanol–water partition coefficient (Wildman–Crippen LogP) is 0.867. The lowest BCUT2D eigenvalue weighted by Crippen LogP contribution is -2.62. The minimum Gasteiger partial charge on any atom is -0.497 e. The molecule has 0 saturated carbocycles. The van der Waals surface area contributed by atoms with Gasteiger partial charge in [-0.1, -0.05) is 0 Å². The zero-order valence-corrected chi connectivity index (χ0v) is 11.1. The predicted molar refractivity (Wildman–Crippen MR) is 69.7 cm³/mol. The standard InChI is InChI=1S/C14H19FN2O2/c1-19-10-2-3-11(12(15)8-10)14(18)13-9-16-4-6-17(13)7-5-16/h2-3,8,13-14,18H,4-7,9H2,1H3. The fourth-order valence-corrected chi connectivity index (χ4v) is 3.04. The van der Waals surface area contributed by atoms with Crippen molar-refractivity contribution in [2.45, 2.75) is 12.1 Å². The van der Waals surface area contributed by atoms with Gasteiger partial charge in [-0.05, 0) is 12.1 Å². The van der Waals surface area contributed by atoms with Gasteiger partial charge < -0.3 is 9.84 Å². The van der Waals surface area contributed by atoms with E-state index in [-0.39, 0.29) is 6.04 Å². The average Bonchev–Trinajstić information content (AvgIpc) is 2.47. The van der Waals surface area contributed by atoms with E-state index in [0.29, 0.717) is 11.3 Å². The van der Waals surface area contributed by atoms with Crippen LogP contribution in [-0.2, 0) is 0 Å². The maximum atomic E-state index is 14.0. The molecule has 2 atom stereocenters. The Morgan fingerprint density at radius 3 is 2.58 bits per heavy atom. The number of methoxy groups -OCH3 is 1. The second-order valence-electron chi connectivity index (χ2n) is 5.24. The molecule has 1 aromatic rings. The summed E-state index contributed by atoms with van der Waals surface area (Å²) in [6.45, 7) is 4.83. The molecule has 3 aliphatic rings. The van der Waals surface area contributed by atoms with Crippen molar-refractivity contribution in [2.24, 2.45) is 0 Å². The number of fused-ring (bicyclic) bond motifs is 3. The van der Waals surface area contributed by atoms with E-state index in [9.17, 15) is 9.50 Å². The zero-order valence-electron chi connectivity index (χ0n) is 11.1. The molecule has 0 radical (unpaired) electrons. The molecule has 0 spiro atoms. The lowest BCUT2D eigenvalue weighted by molar-refractivity contribution is -0.0480. The maximum absolute atomic E-state index is 14.0. The number of aliphatic hydroxyl groups is 1. The molecular formula is C14H19FN2O2. The van der Waals surface area contributed by atoms with Gasteiger partial charge >= 0.3 is 0 Å². The summed E-state index contributed by atoms with van der Waals surface area (Å²) in [5.74, 6) is 0.0761. The number of hydrogen-bond acceptors (Lipinski definition) is 4. The van der Waals surface area contributed by atoms with E-state index in [1.54, 1.807) is 12.1 Å². The first-order valence-corrected chi connectivity index (χ1v) is 6.67. The maximum Gasteiger partial charge on any atom is 0.132 e. The van der Waals surface area contributed by atoms with Crippen LogP contribution in [0.1, 0.15) is 11.7 Å². The van der Waals surface area contributed by atoms with E-state index in [2.05, 4.69) is 9.80 Å². The molecule has 0 aliphatic carbocycles. The monoisotopic (exact) mass is 266 g/mol. The Balaban J connectivity index is 1.81. The molecule has 0 aromatic heterocycles. The van der Waals surface area contributed by atoms with Crippen LogP contribution in [0.3, 0.4) is 0 Å². The van der Waals surface area contributed by atoms with Crippen LogP contribution >= 0.6 is 0 Å². The number of nitrogens with zero attached hydrogens (tertiary/aromatic N) is 2. The van der Waals surface area contributed by atoms with Crippen LogP contribution in [0.15, 0.2) is 18.2 Å². The van der Waals surface area contributed by atoms with E-state index in [0.717, 1.165) is 32.7 Å². The highest BCUT2D eigenvalue weighted by Crippen LogP contribution is 2.30. The number of rotatable bonds is 3. The van der Waals surface area contributed by atoms with Crippen molar-refractivity contribution in [1.29, 1.82) is 0 Å². The Labute approximate surface area is 112 Å². The van der Waals surface area contributed by atoms with Crippen LogP contribution in [0, 0.1) is 5.82 Å². The molecule has 1 aromatic carbocycles. The van der Waals surface area contributed by atoms with Crippen molar-refractivity contribution in [1.82, 2.24) is 9.80 Å². The van der Waals surface area contributed by atoms with Crippen molar-refractivity contribution in [3.63, 3.8) is 0 Å². The van der Waals surface area contributed by atoms with Gasteiger partial charge in [-0.15, -0.1) is 0 Å². The fraction of sp³-hybridized carbons (Fsp3) is 0.571. The third-order valence-electron chi connectivity index (χ3n) is 4.21. The lowest BCUT2D eigenvalue weighted by Gasteiger charge is -2.49. The van der Waals surface area contributed by atoms with Gasteiger partial charge in [-0.2, -0.15) is 0 Å². The number of hydrogen-bond donors (Lipinski definition) is 1. The first kappa shape index (κ1) is 12.8. The number of benzene rings is 1. The van der Waals surface area contributed by atoms with Gasteiger partial charge in [0.05, 0.1) is 19.3 Å². The van der Waals surface area contributed by atoms with Crippen molar-refractivity contribution < 1.29 is 14.2 Å². The zero-order chi connectivity index (χ0) is 13.4. The summed E-state index contributed by atoms with van der Waals surface area (Å²) in [5.41, 5.74) is 0.361. The van der Waals surface area contributed by atoms with Gasteiger partial charge in [-0.3, -0.25) is 9.80 Å². The highest BCUT2D eigenvalue weighted by molar-refractivity contribution is 5.31. The minimum atomic E-state index is -0.783. The fourth-order valence-electron chi connectivity index (χ4n) is 3.04. The van der Waals surface area contributed by atoms with Crippen LogP contribution in [0.5, 0.6) is 5.75 Å². The van der Waals surface area contributed by atoms with E-state index < -0.39 is 11.9 Å². The number of piperazine rings is 3. The van der Waals surface area contributed by atoms with Crippen LogP contribution in [0.4, 0.5) is 4.39 Å². The SMILES string of the molecule is COc1ccc(C(O)C2CN3CCN2CC3)c(F)c1. The van der Waals surface area contributed by atoms with Gasteiger partial charge in [0.25, 0.3) is 0 Å². The smallest absolute Gasteiger partial charge is 0.132 e. The van der Waals surface area contributed by atoms with Crippen molar-refractivity contribution in [3.05, 3.63) is 29.6 Å². The van der Waals surface area contributed by atoms with E-state index in [4.69, 9.17) is 4.74 Å². The Morgan fingerprint density at radius 2 is 2.05 bits per heavy atom. The normalized spacial score (nSPS) is 31.2.